The van der Waals surface area contributed by atoms with Gasteiger partial charge in [-0.3, -0.25) is 4.90 Å². The fraction of sp³-hybridized carbons (Fsp3) is 1.00. The van der Waals surface area contributed by atoms with Gasteiger partial charge >= 0.3 is 0 Å². The average molecular weight is 217 g/mol. The smallest absolute Gasteiger partial charge is 0.101 e. The lowest BCUT2D eigenvalue weighted by molar-refractivity contribution is -0.0856. The van der Waals surface area contributed by atoms with E-state index in [0.29, 0.717) is 13.5 Å². The lowest BCUT2D eigenvalue weighted by atomic mass is 10.1. The van der Waals surface area contributed by atoms with Gasteiger partial charge in [-0.05, 0) is 33.6 Å². The number of nitrogens with zero attached hydrogens (tertiary/aromatic N) is 1. The maximum atomic E-state index is 5.55. The van der Waals surface area contributed by atoms with Crippen molar-refractivity contribution in [2.75, 3.05) is 26.7 Å². The van der Waals surface area contributed by atoms with E-state index in [1.54, 1.807) is 0 Å². The van der Waals surface area contributed by atoms with Crippen molar-refractivity contribution in [2.24, 2.45) is 0 Å². The van der Waals surface area contributed by atoms with Gasteiger partial charge in [0.15, 0.2) is 0 Å². The van der Waals surface area contributed by atoms with Crippen LogP contribution in [0.2, 0.25) is 0 Å². The third kappa shape index (κ3) is 7.77. The molecule has 0 saturated heterocycles. The van der Waals surface area contributed by atoms with E-state index < -0.39 is 0 Å². The predicted octanol–water partition coefficient (Wildman–Crippen LogP) is 2.86. The molecule has 0 fully saturated rings. The Morgan fingerprint density at radius 2 is 1.27 bits per heavy atom. The zero-order valence-corrected chi connectivity index (χ0v) is 11.0. The normalized spacial score (nSPS) is 12.4. The van der Waals surface area contributed by atoms with Gasteiger partial charge in [-0.1, -0.05) is 13.8 Å². The van der Waals surface area contributed by atoms with E-state index in [1.165, 1.54) is 0 Å². The predicted molar refractivity (Wildman–Crippen MR) is 63.8 cm³/mol. The molecule has 0 unspecified atom stereocenters. The third-order valence-electron chi connectivity index (χ3n) is 2.14. The molecule has 15 heavy (non-hydrogen) atoms. The molecule has 3 heteroatoms. The van der Waals surface area contributed by atoms with Gasteiger partial charge in [0.25, 0.3) is 0 Å². The van der Waals surface area contributed by atoms with Crippen LogP contribution >= 0.6 is 0 Å². The summed E-state index contributed by atoms with van der Waals surface area (Å²) in [6, 6.07) is 0. The zero-order chi connectivity index (χ0) is 11.7. The zero-order valence-electron chi connectivity index (χ0n) is 11.0. The molecule has 0 atom stereocenters. The van der Waals surface area contributed by atoms with Gasteiger partial charge in [-0.15, -0.1) is 0 Å². The Hall–Kier alpha value is -0.120. The van der Waals surface area contributed by atoms with E-state index >= 15 is 0 Å². The minimum atomic E-state index is 0.0987. The molecule has 0 radical (unpaired) electrons. The Labute approximate surface area is 94.7 Å². The van der Waals surface area contributed by atoms with E-state index in [1.807, 2.05) is 0 Å². The van der Waals surface area contributed by atoms with Crippen molar-refractivity contribution in [3.8, 4) is 0 Å². The van der Waals surface area contributed by atoms with E-state index in [9.17, 15) is 0 Å². The largest absolute Gasteiger partial charge is 0.366 e. The minimum Gasteiger partial charge on any atom is -0.366 e. The summed E-state index contributed by atoms with van der Waals surface area (Å²) in [5, 5.41) is 0. The van der Waals surface area contributed by atoms with Crippen LogP contribution in [0.5, 0.6) is 0 Å². The standard InChI is InChI=1S/C12H27NO2/c1-6-8-14-10-13(12(3,4)5)11-15-9-7-2/h6-11H2,1-5H3. The summed E-state index contributed by atoms with van der Waals surface area (Å²) in [6.07, 6.45) is 2.13. The first kappa shape index (κ1) is 14.9. The lowest BCUT2D eigenvalue weighted by Crippen LogP contribution is -2.44. The average Bonchev–Trinajstić information content (AvgIpc) is 2.14. The molecular weight excluding hydrogens is 190 g/mol. The maximum absolute atomic E-state index is 5.55. The van der Waals surface area contributed by atoms with Crippen molar-refractivity contribution in [3.05, 3.63) is 0 Å². The molecule has 0 rings (SSSR count). The fourth-order valence-electron chi connectivity index (χ4n) is 1.06. The molecule has 0 bridgehead atoms. The van der Waals surface area contributed by atoms with Gasteiger partial charge in [0.1, 0.15) is 13.5 Å². The molecule has 0 saturated carbocycles. The summed E-state index contributed by atoms with van der Waals surface area (Å²) in [7, 11) is 0. The highest BCUT2D eigenvalue weighted by Crippen LogP contribution is 2.12. The molecule has 92 valence electrons. The molecule has 3 nitrogen and oxygen atoms in total. The van der Waals surface area contributed by atoms with Gasteiger partial charge in [0.05, 0.1) is 0 Å². The van der Waals surface area contributed by atoms with Crippen LogP contribution in [-0.2, 0) is 9.47 Å². The van der Waals surface area contributed by atoms with Crippen LogP contribution in [0, 0.1) is 0 Å². The van der Waals surface area contributed by atoms with Crippen LogP contribution in [-0.4, -0.2) is 37.1 Å². The highest BCUT2D eigenvalue weighted by molar-refractivity contribution is 4.71. The summed E-state index contributed by atoms with van der Waals surface area (Å²) in [4.78, 5) is 2.21. The topological polar surface area (TPSA) is 21.7 Å². The van der Waals surface area contributed by atoms with Crippen LogP contribution in [0.4, 0.5) is 0 Å². The lowest BCUT2D eigenvalue weighted by Gasteiger charge is -2.34. The first-order valence-corrected chi connectivity index (χ1v) is 5.92. The summed E-state index contributed by atoms with van der Waals surface area (Å²) in [6.45, 7) is 13.7. The molecular formula is C12H27NO2. The van der Waals surface area contributed by atoms with Crippen LogP contribution in [0.3, 0.4) is 0 Å². The molecule has 0 aromatic heterocycles. The molecule has 0 heterocycles. The summed E-state index contributed by atoms with van der Waals surface area (Å²) in [5.41, 5.74) is 0.0987. The monoisotopic (exact) mass is 217 g/mol. The van der Waals surface area contributed by atoms with E-state index in [2.05, 4.69) is 39.5 Å². The van der Waals surface area contributed by atoms with Crippen LogP contribution < -0.4 is 0 Å². The second kappa shape index (κ2) is 8.08. The second-order valence-corrected chi connectivity index (χ2v) is 4.79. The quantitative estimate of drug-likeness (QED) is 0.461. The van der Waals surface area contributed by atoms with Gasteiger partial charge in [-0.2, -0.15) is 0 Å². The Morgan fingerprint density at radius 1 is 0.867 bits per heavy atom. The molecule has 0 aliphatic carbocycles. The fourth-order valence-corrected chi connectivity index (χ4v) is 1.06. The van der Waals surface area contributed by atoms with E-state index in [0.717, 1.165) is 26.1 Å². The number of hydrogen-bond acceptors (Lipinski definition) is 3. The van der Waals surface area contributed by atoms with Gasteiger partial charge < -0.3 is 9.47 Å². The molecule has 0 aliphatic heterocycles. The molecule has 0 spiro atoms. The van der Waals surface area contributed by atoms with Crippen LogP contribution in [0.15, 0.2) is 0 Å². The van der Waals surface area contributed by atoms with Crippen molar-refractivity contribution in [2.45, 2.75) is 53.0 Å². The highest BCUT2D eigenvalue weighted by Gasteiger charge is 2.20. The minimum absolute atomic E-state index is 0.0987. The number of ether oxygens (including phenoxy) is 2. The molecule has 0 N–H and O–H groups in total. The van der Waals surface area contributed by atoms with E-state index in [-0.39, 0.29) is 5.54 Å². The Morgan fingerprint density at radius 3 is 1.53 bits per heavy atom. The third-order valence-corrected chi connectivity index (χ3v) is 2.14. The highest BCUT2D eigenvalue weighted by atomic mass is 16.5. The Kier molecular flexibility index (Phi) is 8.02. The maximum Gasteiger partial charge on any atom is 0.101 e. The molecule has 0 aromatic rings. The van der Waals surface area contributed by atoms with Gasteiger partial charge in [-0.25, -0.2) is 0 Å². The number of rotatable bonds is 8. The first-order valence-electron chi connectivity index (χ1n) is 5.92. The number of hydrogen-bond donors (Lipinski definition) is 0. The SMILES string of the molecule is CCCOCN(COCCC)C(C)(C)C. The van der Waals surface area contributed by atoms with Gasteiger partial charge in [0.2, 0.25) is 0 Å². The summed E-state index contributed by atoms with van der Waals surface area (Å²) >= 11 is 0. The first-order chi connectivity index (χ1) is 7.02. The van der Waals surface area contributed by atoms with Crippen molar-refractivity contribution < 1.29 is 9.47 Å². The summed E-state index contributed by atoms with van der Waals surface area (Å²) in [5.74, 6) is 0. The van der Waals surface area contributed by atoms with Crippen molar-refractivity contribution in [1.29, 1.82) is 0 Å². The molecule has 0 aromatic carbocycles. The van der Waals surface area contributed by atoms with Gasteiger partial charge in [0, 0.05) is 18.8 Å². The van der Waals surface area contributed by atoms with Crippen molar-refractivity contribution in [1.82, 2.24) is 4.90 Å². The Bertz CT molecular complexity index is 133. The van der Waals surface area contributed by atoms with Crippen molar-refractivity contribution >= 4 is 0 Å². The molecule has 0 amide bonds. The van der Waals surface area contributed by atoms with Crippen LogP contribution in [0.1, 0.15) is 47.5 Å². The summed E-state index contributed by atoms with van der Waals surface area (Å²) < 4.78 is 11.1. The second-order valence-electron chi connectivity index (χ2n) is 4.79. The van der Waals surface area contributed by atoms with E-state index in [4.69, 9.17) is 9.47 Å². The Balaban J connectivity index is 3.85. The van der Waals surface area contributed by atoms with Crippen LogP contribution in [0.25, 0.3) is 0 Å². The molecule has 0 aliphatic rings. The van der Waals surface area contributed by atoms with Crippen molar-refractivity contribution in [3.63, 3.8) is 0 Å².